The van der Waals surface area contributed by atoms with Crippen molar-refractivity contribution in [3.63, 3.8) is 0 Å². The van der Waals surface area contributed by atoms with Crippen molar-refractivity contribution < 1.29 is 19.1 Å². The van der Waals surface area contributed by atoms with Crippen molar-refractivity contribution in [2.45, 2.75) is 72.1 Å². The fraction of sp³-hybridized carbons (Fsp3) is 0.652. The molecule has 2 unspecified atom stereocenters. The molecule has 0 heterocycles. The second kappa shape index (κ2) is 13.4. The number of alkyl carbamates (subject to hydrolysis) is 1. The summed E-state index contributed by atoms with van der Waals surface area (Å²) in [5.41, 5.74) is 0.344. The highest BCUT2D eigenvalue weighted by atomic mass is 32.2. The number of hydrogen-bond donors (Lipinski definition) is 2. The summed E-state index contributed by atoms with van der Waals surface area (Å²) >= 11 is 1.69. The summed E-state index contributed by atoms with van der Waals surface area (Å²) in [6.07, 6.45) is 3.00. The number of methoxy groups -OCH3 is 1. The Bertz CT molecular complexity index is 644. The summed E-state index contributed by atoms with van der Waals surface area (Å²) in [6, 6.07) is 6.86. The van der Waals surface area contributed by atoms with Gasteiger partial charge in [0.25, 0.3) is 0 Å². The number of unbranched alkanes of at least 4 members (excludes halogenated alkanes) is 1. The van der Waals surface area contributed by atoms with E-state index in [9.17, 15) is 9.59 Å². The van der Waals surface area contributed by atoms with E-state index in [4.69, 9.17) is 9.47 Å². The van der Waals surface area contributed by atoms with E-state index in [-0.39, 0.29) is 5.91 Å². The number of nitrogens with one attached hydrogen (secondary N) is 2. The topological polar surface area (TPSA) is 76.7 Å². The molecule has 0 saturated heterocycles. The quantitative estimate of drug-likeness (QED) is 0.492. The zero-order valence-electron chi connectivity index (χ0n) is 19.2. The van der Waals surface area contributed by atoms with Gasteiger partial charge in [-0.05, 0) is 56.6 Å². The number of carbonyl (C=O) groups is 2. The predicted octanol–water partition coefficient (Wildman–Crippen LogP) is 4.76. The lowest BCUT2D eigenvalue weighted by Crippen LogP contribution is -2.49. The monoisotopic (exact) mass is 438 g/mol. The Kier molecular flexibility index (Phi) is 11.7. The lowest BCUT2D eigenvalue weighted by molar-refractivity contribution is -0.122. The predicted molar refractivity (Wildman–Crippen MR) is 124 cm³/mol. The van der Waals surface area contributed by atoms with Crippen LogP contribution in [0, 0.1) is 5.92 Å². The third-order valence-electron chi connectivity index (χ3n) is 4.37. The number of ether oxygens (including phenoxy) is 2. The number of thioether (sulfide) groups is 1. The first-order valence-corrected chi connectivity index (χ1v) is 11.8. The fourth-order valence-electron chi connectivity index (χ4n) is 2.71. The van der Waals surface area contributed by atoms with E-state index in [0.29, 0.717) is 18.2 Å². The van der Waals surface area contributed by atoms with Gasteiger partial charge in [-0.25, -0.2) is 4.79 Å². The number of hydrogen-bond acceptors (Lipinski definition) is 5. The minimum Gasteiger partial charge on any atom is -0.497 e. The molecular weight excluding hydrogens is 400 g/mol. The molecule has 0 aromatic heterocycles. The van der Waals surface area contributed by atoms with Gasteiger partial charge in [0, 0.05) is 12.3 Å². The molecule has 1 aromatic rings. The molecule has 2 atom stereocenters. The molecule has 2 amide bonds. The Morgan fingerprint density at radius 1 is 1.13 bits per heavy atom. The van der Waals surface area contributed by atoms with Crippen LogP contribution in [0.3, 0.4) is 0 Å². The number of benzene rings is 1. The van der Waals surface area contributed by atoms with Gasteiger partial charge in [0.1, 0.15) is 17.4 Å². The second-order valence-electron chi connectivity index (χ2n) is 8.55. The minimum atomic E-state index is -0.651. The van der Waals surface area contributed by atoms with Gasteiger partial charge < -0.3 is 20.1 Å². The summed E-state index contributed by atoms with van der Waals surface area (Å²) in [5, 5.41) is 5.64. The Morgan fingerprint density at radius 3 is 2.37 bits per heavy atom. The maximum absolute atomic E-state index is 12.8. The van der Waals surface area contributed by atoms with Crippen LogP contribution >= 0.6 is 11.8 Å². The van der Waals surface area contributed by atoms with E-state index in [2.05, 4.69) is 24.5 Å². The van der Waals surface area contributed by atoms with Gasteiger partial charge in [0.2, 0.25) is 5.91 Å². The van der Waals surface area contributed by atoms with Crippen molar-refractivity contribution >= 4 is 23.8 Å². The lowest BCUT2D eigenvalue weighted by Gasteiger charge is -2.23. The number of amides is 2. The van der Waals surface area contributed by atoms with Crippen LogP contribution < -0.4 is 15.4 Å². The van der Waals surface area contributed by atoms with Crippen LogP contribution in [0.2, 0.25) is 0 Å². The van der Waals surface area contributed by atoms with Crippen molar-refractivity contribution in [3.8, 4) is 5.75 Å². The van der Waals surface area contributed by atoms with Crippen LogP contribution in [0.25, 0.3) is 0 Å². The lowest BCUT2D eigenvalue weighted by atomic mass is 10.1. The third kappa shape index (κ3) is 11.3. The SMILES string of the molecule is CCCCC(C)CSCC(NC(=O)OC(C)(C)C)C(=O)NCc1ccc(OC)cc1. The molecule has 0 aliphatic heterocycles. The van der Waals surface area contributed by atoms with E-state index in [1.165, 1.54) is 19.3 Å². The van der Waals surface area contributed by atoms with Gasteiger partial charge in [-0.15, -0.1) is 0 Å². The van der Waals surface area contributed by atoms with E-state index in [0.717, 1.165) is 17.1 Å². The maximum Gasteiger partial charge on any atom is 0.408 e. The van der Waals surface area contributed by atoms with Crippen LogP contribution in [0.4, 0.5) is 4.79 Å². The van der Waals surface area contributed by atoms with Crippen molar-refractivity contribution in [2.24, 2.45) is 5.92 Å². The number of carbonyl (C=O) groups excluding carboxylic acids is 2. The Balaban J connectivity index is 2.64. The van der Waals surface area contributed by atoms with Gasteiger partial charge in [-0.2, -0.15) is 11.8 Å². The molecule has 170 valence electrons. The summed E-state index contributed by atoms with van der Waals surface area (Å²) in [4.78, 5) is 25.0. The Labute approximate surface area is 185 Å². The second-order valence-corrected chi connectivity index (χ2v) is 9.62. The molecule has 0 spiro atoms. The average Bonchev–Trinajstić information content (AvgIpc) is 2.68. The highest BCUT2D eigenvalue weighted by Gasteiger charge is 2.24. The molecular formula is C23H38N2O4S. The zero-order valence-corrected chi connectivity index (χ0v) is 20.1. The van der Waals surface area contributed by atoms with Crippen molar-refractivity contribution in [2.75, 3.05) is 18.6 Å². The van der Waals surface area contributed by atoms with Crippen LogP contribution in [-0.2, 0) is 16.1 Å². The van der Waals surface area contributed by atoms with E-state index in [1.54, 1.807) is 39.6 Å². The van der Waals surface area contributed by atoms with Crippen LogP contribution in [0.1, 0.15) is 59.4 Å². The molecule has 0 aliphatic carbocycles. The highest BCUT2D eigenvalue weighted by Crippen LogP contribution is 2.16. The summed E-state index contributed by atoms with van der Waals surface area (Å²) in [5.74, 6) is 2.59. The Hall–Kier alpha value is -1.89. The minimum absolute atomic E-state index is 0.217. The summed E-state index contributed by atoms with van der Waals surface area (Å²) in [6.45, 7) is 10.2. The van der Waals surface area contributed by atoms with E-state index >= 15 is 0 Å². The van der Waals surface area contributed by atoms with Crippen LogP contribution in [-0.4, -0.2) is 42.3 Å². The molecule has 0 bridgehead atoms. The Morgan fingerprint density at radius 2 is 1.80 bits per heavy atom. The molecule has 1 aromatic carbocycles. The first kappa shape index (κ1) is 26.1. The van der Waals surface area contributed by atoms with Crippen molar-refractivity contribution in [3.05, 3.63) is 29.8 Å². The molecule has 0 fully saturated rings. The standard InChI is InChI=1S/C23H38N2O4S/c1-7-8-9-17(2)15-30-16-20(25-22(27)29-23(3,4)5)21(26)24-14-18-10-12-19(28-6)13-11-18/h10-13,17,20H,7-9,14-16H2,1-6H3,(H,24,26)(H,25,27). The van der Waals surface area contributed by atoms with E-state index < -0.39 is 17.7 Å². The first-order valence-electron chi connectivity index (χ1n) is 10.6. The molecule has 0 saturated carbocycles. The average molecular weight is 439 g/mol. The molecule has 30 heavy (non-hydrogen) atoms. The van der Waals surface area contributed by atoms with Crippen molar-refractivity contribution in [1.82, 2.24) is 10.6 Å². The van der Waals surface area contributed by atoms with Gasteiger partial charge >= 0.3 is 6.09 Å². The zero-order chi connectivity index (χ0) is 22.6. The smallest absolute Gasteiger partial charge is 0.408 e. The highest BCUT2D eigenvalue weighted by molar-refractivity contribution is 7.99. The van der Waals surface area contributed by atoms with E-state index in [1.807, 2.05) is 24.3 Å². The van der Waals surface area contributed by atoms with Crippen LogP contribution in [0.5, 0.6) is 5.75 Å². The van der Waals surface area contributed by atoms with Crippen LogP contribution in [0.15, 0.2) is 24.3 Å². The molecule has 0 aliphatic rings. The largest absolute Gasteiger partial charge is 0.497 e. The van der Waals surface area contributed by atoms with Gasteiger partial charge in [0.15, 0.2) is 0 Å². The molecule has 0 radical (unpaired) electrons. The molecule has 7 heteroatoms. The molecule has 2 N–H and O–H groups in total. The third-order valence-corrected chi connectivity index (χ3v) is 5.74. The fourth-order valence-corrected chi connectivity index (χ4v) is 3.89. The first-order chi connectivity index (χ1) is 14.1. The number of rotatable bonds is 12. The maximum atomic E-state index is 12.8. The van der Waals surface area contributed by atoms with Gasteiger partial charge in [-0.1, -0.05) is 38.8 Å². The molecule has 6 nitrogen and oxygen atoms in total. The summed E-state index contributed by atoms with van der Waals surface area (Å²) in [7, 11) is 1.62. The summed E-state index contributed by atoms with van der Waals surface area (Å²) < 4.78 is 10.5. The van der Waals surface area contributed by atoms with Crippen molar-refractivity contribution in [1.29, 1.82) is 0 Å². The van der Waals surface area contributed by atoms with Gasteiger partial charge in [-0.3, -0.25) is 4.79 Å². The van der Waals surface area contributed by atoms with Gasteiger partial charge in [0.05, 0.1) is 7.11 Å². The normalized spacial score (nSPS) is 13.3. The molecule has 1 rings (SSSR count).